The van der Waals surface area contributed by atoms with Gasteiger partial charge in [0.2, 0.25) is 0 Å². The van der Waals surface area contributed by atoms with Gasteiger partial charge in [-0.15, -0.1) is 11.3 Å². The van der Waals surface area contributed by atoms with E-state index in [2.05, 4.69) is 35.6 Å². The van der Waals surface area contributed by atoms with Gasteiger partial charge in [0, 0.05) is 31.9 Å². The van der Waals surface area contributed by atoms with E-state index in [1.807, 2.05) is 24.3 Å². The minimum Gasteiger partial charge on any atom is -0.362 e. The number of aromatic amines is 1. The molecule has 0 fully saturated rings. The molecule has 10 heteroatoms. The van der Waals surface area contributed by atoms with E-state index in [1.54, 1.807) is 12.3 Å². The maximum atomic E-state index is 14.9. The number of hydrogen-bond donors (Lipinski definition) is 3. The highest BCUT2D eigenvalue weighted by molar-refractivity contribution is 7.18. The average Bonchev–Trinajstić information content (AvgIpc) is 3.45. The Morgan fingerprint density at radius 2 is 1.94 bits per heavy atom. The normalized spacial score (nSPS) is 12.4. The summed E-state index contributed by atoms with van der Waals surface area (Å²) in [6.45, 7) is 0.901. The third kappa shape index (κ3) is 4.81. The van der Waals surface area contributed by atoms with Gasteiger partial charge >= 0.3 is 0 Å². The SMILES string of the molecule is Fc1cccnc1CNc1nccc2sc(C(F)CNCCc3nc4ccccc4[nH]3)nc12. The van der Waals surface area contributed by atoms with Gasteiger partial charge in [-0.3, -0.25) is 4.98 Å². The van der Waals surface area contributed by atoms with E-state index in [0.717, 1.165) is 21.6 Å². The number of anilines is 1. The van der Waals surface area contributed by atoms with E-state index >= 15 is 0 Å². The van der Waals surface area contributed by atoms with Crippen molar-refractivity contribution in [1.82, 2.24) is 30.2 Å². The van der Waals surface area contributed by atoms with Crippen molar-refractivity contribution in [3.05, 3.63) is 77.2 Å². The Bertz CT molecular complexity index is 1350. The predicted octanol–water partition coefficient (Wildman–Crippen LogP) is 4.56. The molecule has 7 nitrogen and oxygen atoms in total. The number of pyridine rings is 2. The van der Waals surface area contributed by atoms with Crippen LogP contribution in [0.2, 0.25) is 0 Å². The lowest BCUT2D eigenvalue weighted by molar-refractivity contribution is 0.328. The molecule has 3 N–H and O–H groups in total. The molecule has 1 aromatic carbocycles. The number of nitrogens with zero attached hydrogens (tertiary/aromatic N) is 4. The molecule has 0 spiro atoms. The maximum absolute atomic E-state index is 14.9. The molecule has 1 unspecified atom stereocenters. The molecule has 0 aliphatic carbocycles. The van der Waals surface area contributed by atoms with Crippen LogP contribution in [0.15, 0.2) is 54.9 Å². The summed E-state index contributed by atoms with van der Waals surface area (Å²) in [6.07, 6.45) is 2.58. The lowest BCUT2D eigenvalue weighted by Gasteiger charge is -2.07. The second-order valence-electron chi connectivity index (χ2n) is 7.47. The Kier molecular flexibility index (Phi) is 6.18. The van der Waals surface area contributed by atoms with E-state index in [0.29, 0.717) is 29.3 Å². The number of fused-ring (bicyclic) bond motifs is 2. The van der Waals surface area contributed by atoms with Gasteiger partial charge in [0.15, 0.2) is 12.0 Å². The summed E-state index contributed by atoms with van der Waals surface area (Å²) in [5.74, 6) is 0.948. The number of nitrogens with one attached hydrogen (secondary N) is 3. The van der Waals surface area contributed by atoms with E-state index in [-0.39, 0.29) is 18.8 Å². The molecule has 0 amide bonds. The molecule has 0 aliphatic heterocycles. The van der Waals surface area contributed by atoms with Crippen LogP contribution in [0.5, 0.6) is 0 Å². The zero-order chi connectivity index (χ0) is 22.6. The zero-order valence-corrected chi connectivity index (χ0v) is 18.4. The van der Waals surface area contributed by atoms with Crippen LogP contribution in [0.1, 0.15) is 22.7 Å². The molecule has 0 radical (unpaired) electrons. The second-order valence-corrected chi connectivity index (χ2v) is 8.53. The van der Waals surface area contributed by atoms with Gasteiger partial charge in [-0.25, -0.2) is 23.7 Å². The molecule has 0 saturated carbocycles. The summed E-state index contributed by atoms with van der Waals surface area (Å²) in [5.41, 5.74) is 2.77. The lowest BCUT2D eigenvalue weighted by atomic mass is 10.3. The third-order valence-electron chi connectivity index (χ3n) is 5.15. The molecule has 0 aliphatic rings. The Hall–Kier alpha value is -3.50. The van der Waals surface area contributed by atoms with Crippen molar-refractivity contribution in [2.75, 3.05) is 18.4 Å². The first-order valence-electron chi connectivity index (χ1n) is 10.5. The van der Waals surface area contributed by atoms with Crippen LogP contribution in [-0.4, -0.2) is 38.0 Å². The van der Waals surface area contributed by atoms with Crippen molar-refractivity contribution in [3.8, 4) is 0 Å². The van der Waals surface area contributed by atoms with Gasteiger partial charge in [0.25, 0.3) is 0 Å². The second kappa shape index (κ2) is 9.55. The highest BCUT2D eigenvalue weighted by Crippen LogP contribution is 2.31. The Labute approximate surface area is 192 Å². The summed E-state index contributed by atoms with van der Waals surface area (Å²) in [5, 5.41) is 6.58. The molecule has 4 aromatic heterocycles. The highest BCUT2D eigenvalue weighted by atomic mass is 32.1. The van der Waals surface area contributed by atoms with Crippen molar-refractivity contribution in [1.29, 1.82) is 0 Å². The summed E-state index contributed by atoms with van der Waals surface area (Å²) < 4.78 is 29.5. The molecule has 33 heavy (non-hydrogen) atoms. The number of thiazole rings is 1. The molecule has 4 heterocycles. The van der Waals surface area contributed by atoms with E-state index in [1.165, 1.54) is 29.7 Å². The number of halogens is 2. The molecule has 5 aromatic rings. The van der Waals surface area contributed by atoms with E-state index < -0.39 is 12.0 Å². The fraction of sp³-hybridized carbons (Fsp3) is 0.217. The van der Waals surface area contributed by atoms with Gasteiger partial charge in [-0.2, -0.15) is 0 Å². The predicted molar refractivity (Wildman–Crippen MR) is 125 cm³/mol. The average molecular weight is 466 g/mol. The van der Waals surface area contributed by atoms with Gasteiger partial charge in [0.1, 0.15) is 22.2 Å². The molecular formula is C23H21F2N7S. The molecule has 168 valence electrons. The van der Waals surface area contributed by atoms with Crippen LogP contribution >= 0.6 is 11.3 Å². The summed E-state index contributed by atoms with van der Waals surface area (Å²) in [4.78, 5) is 20.6. The van der Waals surface area contributed by atoms with Crippen LogP contribution in [0.4, 0.5) is 14.6 Å². The molecule has 0 saturated heterocycles. The monoisotopic (exact) mass is 465 g/mol. The summed E-state index contributed by atoms with van der Waals surface area (Å²) in [6, 6.07) is 12.5. The van der Waals surface area contributed by atoms with Crippen molar-refractivity contribution >= 4 is 38.4 Å². The third-order valence-corrected chi connectivity index (χ3v) is 6.26. The van der Waals surface area contributed by atoms with Crippen molar-refractivity contribution in [3.63, 3.8) is 0 Å². The molecule has 5 rings (SSSR count). The Morgan fingerprint density at radius 1 is 1.03 bits per heavy atom. The van der Waals surface area contributed by atoms with Gasteiger partial charge < -0.3 is 15.6 Å². The van der Waals surface area contributed by atoms with Crippen LogP contribution in [0, 0.1) is 5.82 Å². The molecule has 0 bridgehead atoms. The number of rotatable bonds is 9. The number of imidazole rings is 1. The van der Waals surface area contributed by atoms with Crippen molar-refractivity contribution in [2.45, 2.75) is 19.1 Å². The number of H-pyrrole nitrogens is 1. The maximum Gasteiger partial charge on any atom is 0.164 e. The van der Waals surface area contributed by atoms with E-state index in [9.17, 15) is 8.78 Å². The largest absolute Gasteiger partial charge is 0.362 e. The quantitative estimate of drug-likeness (QED) is 0.277. The Balaban J connectivity index is 1.19. The smallest absolute Gasteiger partial charge is 0.164 e. The summed E-state index contributed by atoms with van der Waals surface area (Å²) in [7, 11) is 0. The first-order chi connectivity index (χ1) is 16.2. The minimum absolute atomic E-state index is 0.148. The van der Waals surface area contributed by atoms with Crippen molar-refractivity contribution in [2.24, 2.45) is 0 Å². The molecular weight excluding hydrogens is 444 g/mol. The fourth-order valence-electron chi connectivity index (χ4n) is 3.50. The Morgan fingerprint density at radius 3 is 2.82 bits per heavy atom. The van der Waals surface area contributed by atoms with Gasteiger partial charge in [0.05, 0.1) is 28.0 Å². The number of hydrogen-bond acceptors (Lipinski definition) is 7. The lowest BCUT2D eigenvalue weighted by Crippen LogP contribution is -2.22. The van der Waals surface area contributed by atoms with Gasteiger partial charge in [-0.1, -0.05) is 12.1 Å². The number of para-hydroxylation sites is 2. The number of alkyl halides is 1. The molecule has 1 atom stereocenters. The van der Waals surface area contributed by atoms with Crippen LogP contribution < -0.4 is 10.6 Å². The number of aromatic nitrogens is 5. The van der Waals surface area contributed by atoms with Crippen LogP contribution in [-0.2, 0) is 13.0 Å². The number of benzene rings is 1. The highest BCUT2D eigenvalue weighted by Gasteiger charge is 2.17. The van der Waals surface area contributed by atoms with Gasteiger partial charge in [-0.05, 0) is 30.3 Å². The fourth-order valence-corrected chi connectivity index (χ4v) is 4.44. The van der Waals surface area contributed by atoms with Crippen LogP contribution in [0.25, 0.3) is 21.3 Å². The first kappa shape index (κ1) is 21.4. The summed E-state index contributed by atoms with van der Waals surface area (Å²) >= 11 is 1.29. The van der Waals surface area contributed by atoms with Crippen molar-refractivity contribution < 1.29 is 8.78 Å². The topological polar surface area (TPSA) is 91.4 Å². The van der Waals surface area contributed by atoms with E-state index in [4.69, 9.17) is 0 Å². The standard InChI is InChI=1S/C23H21F2N7S/c24-14-4-3-9-27-18(14)13-29-22-21-19(7-11-28-22)33-23(32-21)15(25)12-26-10-8-20-30-16-5-1-2-6-17(16)31-20/h1-7,9,11,15,26H,8,10,12-13H2,(H,28,29)(H,30,31). The van der Waals surface area contributed by atoms with Crippen LogP contribution in [0.3, 0.4) is 0 Å². The first-order valence-corrected chi connectivity index (χ1v) is 11.4. The zero-order valence-electron chi connectivity index (χ0n) is 17.6. The minimum atomic E-state index is -1.25.